The van der Waals surface area contributed by atoms with Crippen molar-refractivity contribution in [1.82, 2.24) is 23.3 Å². The lowest BCUT2D eigenvalue weighted by molar-refractivity contribution is 1.08. The molecular formula is C95H63N5. The van der Waals surface area contributed by atoms with Gasteiger partial charge in [0.25, 0.3) is 0 Å². The number of fused-ring (bicyclic) bond motifs is 12. The number of para-hydroxylation sites is 5. The van der Waals surface area contributed by atoms with E-state index in [0.29, 0.717) is 0 Å². The van der Waals surface area contributed by atoms with Crippen molar-refractivity contribution in [3.8, 4) is 89.8 Å². The van der Waals surface area contributed by atoms with Crippen LogP contribution in [0, 0.1) is 0 Å². The van der Waals surface area contributed by atoms with Crippen LogP contribution < -0.4 is 0 Å². The molecule has 0 fully saturated rings. The van der Waals surface area contributed by atoms with Gasteiger partial charge in [-0.25, -0.2) is 4.98 Å². The maximum atomic E-state index is 5.36. The standard InChI is InChI=1S/C48H32N2.C47H31N3/c1-3-11-33(12-4-1)35-19-25-39(26-20-35)49-45-17-9-7-15-41(45)43-31-37(23-29-47(43)49)38-24-30-48-44(32-38)42-16-8-10-18-46(42)50(48)40-27-21-36(22-28-40)34-13-5-2-6-14-34;1-4-16-32(17-5-1)34-30-40(33-18-6-2-7-19-33)48-45(31-34)50-42-27-13-11-23-39(42)47-37(25-15-29-44(47)50)36-24-14-28-43-46(36)38-22-10-12-26-41(38)49(43)35-20-8-3-9-21-35/h1-32H;1-31H. The van der Waals surface area contributed by atoms with E-state index in [1.165, 1.54) is 121 Å². The molecule has 0 saturated carbocycles. The highest BCUT2D eigenvalue weighted by molar-refractivity contribution is 6.22. The van der Waals surface area contributed by atoms with Gasteiger partial charge in [0.05, 0.1) is 49.8 Å². The SMILES string of the molecule is c1ccc(-c2cc(-c3ccccc3)nc(-n3c4ccccc4c4c(-c5cccc6c5c5ccccc5n6-c5ccccc5)cccc43)c2)cc1.c1ccc(-c2ccc(-n3c4ccccc4c4cc(-c5ccc6c(c5)c5ccccc5n6-c5ccc(-c6ccccc6)cc5)ccc43)cc2)cc1. The summed E-state index contributed by atoms with van der Waals surface area (Å²) >= 11 is 0. The molecule has 0 saturated heterocycles. The lowest BCUT2D eigenvalue weighted by Crippen LogP contribution is -2.00. The molecule has 20 aromatic rings. The van der Waals surface area contributed by atoms with Gasteiger partial charge >= 0.3 is 0 Å². The molecule has 0 bridgehead atoms. The van der Waals surface area contributed by atoms with E-state index in [0.717, 1.165) is 56.3 Å². The van der Waals surface area contributed by atoms with E-state index < -0.39 is 0 Å². The van der Waals surface area contributed by atoms with Crippen molar-refractivity contribution in [2.75, 3.05) is 0 Å². The van der Waals surface area contributed by atoms with Gasteiger partial charge in [-0.2, -0.15) is 0 Å². The molecule has 5 heterocycles. The second-order valence-electron chi connectivity index (χ2n) is 25.8. The van der Waals surface area contributed by atoms with Gasteiger partial charge in [0, 0.05) is 65.7 Å². The molecule has 5 heteroatoms. The number of rotatable bonds is 10. The monoisotopic (exact) mass is 1270 g/mol. The molecule has 0 radical (unpaired) electrons. The van der Waals surface area contributed by atoms with E-state index in [-0.39, 0.29) is 0 Å². The van der Waals surface area contributed by atoms with Crippen LogP contribution in [0.4, 0.5) is 0 Å². The van der Waals surface area contributed by atoms with Gasteiger partial charge < -0.3 is 13.7 Å². The molecule has 0 amide bonds. The van der Waals surface area contributed by atoms with E-state index >= 15 is 0 Å². The minimum Gasteiger partial charge on any atom is -0.309 e. The molecule has 0 aliphatic rings. The summed E-state index contributed by atoms with van der Waals surface area (Å²) in [7, 11) is 0. The minimum atomic E-state index is 0.896. The predicted molar refractivity (Wildman–Crippen MR) is 421 cm³/mol. The van der Waals surface area contributed by atoms with E-state index in [9.17, 15) is 0 Å². The lowest BCUT2D eigenvalue weighted by Gasteiger charge is -2.13. The fraction of sp³-hybridized carbons (Fsp3) is 0. The first kappa shape index (κ1) is 58.0. The van der Waals surface area contributed by atoms with Crippen LogP contribution >= 0.6 is 0 Å². The van der Waals surface area contributed by atoms with E-state index in [4.69, 9.17) is 4.98 Å². The van der Waals surface area contributed by atoms with Gasteiger partial charge in [0.1, 0.15) is 5.82 Å². The smallest absolute Gasteiger partial charge is 0.138 e. The Morgan fingerprint density at radius 2 is 0.480 bits per heavy atom. The highest BCUT2D eigenvalue weighted by atomic mass is 15.1. The first-order chi connectivity index (χ1) is 49.6. The van der Waals surface area contributed by atoms with Gasteiger partial charge in [-0.1, -0.05) is 273 Å². The average molecular weight is 1270 g/mol. The Kier molecular flexibility index (Phi) is 14.2. The largest absolute Gasteiger partial charge is 0.309 e. The Labute approximate surface area is 578 Å². The van der Waals surface area contributed by atoms with Crippen LogP contribution in [0.25, 0.3) is 177 Å². The fourth-order valence-corrected chi connectivity index (χ4v) is 15.5. The first-order valence-electron chi connectivity index (χ1n) is 34.3. The molecule has 5 aromatic heterocycles. The molecule has 0 aliphatic carbocycles. The number of aromatic nitrogens is 5. The maximum absolute atomic E-state index is 5.36. The second-order valence-corrected chi connectivity index (χ2v) is 25.8. The van der Waals surface area contributed by atoms with Crippen LogP contribution in [-0.2, 0) is 0 Å². The van der Waals surface area contributed by atoms with Crippen molar-refractivity contribution in [2.24, 2.45) is 0 Å². The Hall–Kier alpha value is -13.4. The molecule has 0 atom stereocenters. The summed E-state index contributed by atoms with van der Waals surface area (Å²) in [6.07, 6.45) is 0. The van der Waals surface area contributed by atoms with Gasteiger partial charge in [-0.3, -0.25) is 4.57 Å². The molecule has 100 heavy (non-hydrogen) atoms. The average Bonchev–Trinajstić information content (AvgIpc) is 1.57. The Morgan fingerprint density at radius 1 is 0.170 bits per heavy atom. The Morgan fingerprint density at radius 3 is 0.940 bits per heavy atom. The van der Waals surface area contributed by atoms with Crippen LogP contribution in [0.5, 0.6) is 0 Å². The Balaban J connectivity index is 0.000000139. The summed E-state index contributed by atoms with van der Waals surface area (Å²) in [6.45, 7) is 0. The number of pyridine rings is 1. The molecule has 20 rings (SSSR count). The topological polar surface area (TPSA) is 32.6 Å². The minimum absolute atomic E-state index is 0.896. The van der Waals surface area contributed by atoms with E-state index in [1.54, 1.807) is 0 Å². The summed E-state index contributed by atoms with van der Waals surface area (Å²) in [5.41, 5.74) is 27.1. The normalized spacial score (nSPS) is 11.6. The number of benzene rings is 15. The van der Waals surface area contributed by atoms with Gasteiger partial charge in [0.15, 0.2) is 0 Å². The van der Waals surface area contributed by atoms with Gasteiger partial charge in [-0.15, -0.1) is 0 Å². The highest BCUT2D eigenvalue weighted by Crippen LogP contribution is 2.45. The number of hydrogen-bond acceptors (Lipinski definition) is 1. The highest BCUT2D eigenvalue weighted by Gasteiger charge is 2.23. The molecule has 468 valence electrons. The van der Waals surface area contributed by atoms with Crippen LogP contribution in [0.15, 0.2) is 382 Å². The molecule has 0 aliphatic heterocycles. The van der Waals surface area contributed by atoms with Crippen molar-refractivity contribution in [3.05, 3.63) is 382 Å². The zero-order valence-electron chi connectivity index (χ0n) is 54.6. The maximum Gasteiger partial charge on any atom is 0.138 e. The summed E-state index contributed by atoms with van der Waals surface area (Å²) in [5, 5.41) is 9.95. The van der Waals surface area contributed by atoms with Gasteiger partial charge in [0.2, 0.25) is 0 Å². The van der Waals surface area contributed by atoms with Crippen molar-refractivity contribution >= 4 is 87.2 Å². The predicted octanol–water partition coefficient (Wildman–Crippen LogP) is 25.2. The third-order valence-corrected chi connectivity index (χ3v) is 20.1. The van der Waals surface area contributed by atoms with Crippen LogP contribution in [0.3, 0.4) is 0 Å². The first-order valence-corrected chi connectivity index (χ1v) is 34.3. The van der Waals surface area contributed by atoms with Crippen LogP contribution in [0.1, 0.15) is 0 Å². The molecule has 0 N–H and O–H groups in total. The number of nitrogens with zero attached hydrogens (tertiary/aromatic N) is 5. The zero-order valence-corrected chi connectivity index (χ0v) is 54.6. The number of hydrogen-bond donors (Lipinski definition) is 0. The quantitative estimate of drug-likeness (QED) is 0.134. The molecule has 0 spiro atoms. The fourth-order valence-electron chi connectivity index (χ4n) is 15.5. The second kappa shape index (κ2) is 24.4. The Bertz CT molecular complexity index is 6210. The third-order valence-electron chi connectivity index (χ3n) is 20.1. The molecular weight excluding hydrogens is 1210 g/mol. The lowest BCUT2D eigenvalue weighted by atomic mass is 9.95. The molecule has 15 aromatic carbocycles. The van der Waals surface area contributed by atoms with Crippen molar-refractivity contribution < 1.29 is 0 Å². The summed E-state index contributed by atoms with van der Waals surface area (Å²) in [6, 6.07) is 138. The summed E-state index contributed by atoms with van der Waals surface area (Å²) < 4.78 is 9.52. The van der Waals surface area contributed by atoms with E-state index in [2.05, 4.69) is 400 Å². The molecule has 0 unspecified atom stereocenters. The summed E-state index contributed by atoms with van der Waals surface area (Å²) in [4.78, 5) is 5.36. The molecule has 5 nitrogen and oxygen atoms in total. The zero-order chi connectivity index (χ0) is 66.0. The van der Waals surface area contributed by atoms with Crippen LogP contribution in [-0.4, -0.2) is 23.3 Å². The third kappa shape index (κ3) is 9.90. The van der Waals surface area contributed by atoms with E-state index in [1.807, 2.05) is 0 Å². The summed E-state index contributed by atoms with van der Waals surface area (Å²) in [5.74, 6) is 0.896. The van der Waals surface area contributed by atoms with Crippen molar-refractivity contribution in [2.45, 2.75) is 0 Å². The van der Waals surface area contributed by atoms with Crippen LogP contribution in [0.2, 0.25) is 0 Å². The van der Waals surface area contributed by atoms with Crippen molar-refractivity contribution in [3.63, 3.8) is 0 Å². The van der Waals surface area contributed by atoms with Crippen molar-refractivity contribution in [1.29, 1.82) is 0 Å². The van der Waals surface area contributed by atoms with Gasteiger partial charge in [-0.05, 0) is 165 Å².